The Bertz CT molecular complexity index is 856. The molecule has 0 aliphatic carbocycles. The maximum Gasteiger partial charge on any atom is 0.174 e. The molecule has 118 valence electrons. The summed E-state index contributed by atoms with van der Waals surface area (Å²) in [5.74, 6) is 0.375. The van der Waals surface area contributed by atoms with Gasteiger partial charge in [0, 0.05) is 26.2 Å². The molecule has 1 aromatic heterocycles. The Kier molecular flexibility index (Phi) is 4.85. The van der Waals surface area contributed by atoms with Gasteiger partial charge in [-0.15, -0.1) is 0 Å². The van der Waals surface area contributed by atoms with E-state index in [1.165, 1.54) is 0 Å². The highest BCUT2D eigenvalue weighted by Crippen LogP contribution is 2.38. The summed E-state index contributed by atoms with van der Waals surface area (Å²) >= 11 is 24.1. The molecule has 0 atom stereocenters. The number of aromatic nitrogens is 1. The van der Waals surface area contributed by atoms with Crippen molar-refractivity contribution in [1.82, 2.24) is 5.16 Å². The summed E-state index contributed by atoms with van der Waals surface area (Å²) < 4.78 is 5.40. The van der Waals surface area contributed by atoms with E-state index < -0.39 is 0 Å². The lowest BCUT2D eigenvalue weighted by molar-refractivity contribution is 0.281. The lowest BCUT2D eigenvalue weighted by Crippen LogP contribution is -1.90. The molecule has 0 fully saturated rings. The zero-order valence-electron chi connectivity index (χ0n) is 11.5. The quantitative estimate of drug-likeness (QED) is 0.588. The second kappa shape index (κ2) is 6.71. The summed E-state index contributed by atoms with van der Waals surface area (Å²) in [5.41, 5.74) is 2.18. The van der Waals surface area contributed by atoms with Crippen molar-refractivity contribution in [2.24, 2.45) is 0 Å². The number of aliphatic hydroxyl groups excluding tert-OH is 1. The lowest BCUT2D eigenvalue weighted by atomic mass is 10.0. The number of benzene rings is 2. The molecule has 3 rings (SSSR count). The highest BCUT2D eigenvalue weighted by Gasteiger charge is 2.20. The summed E-state index contributed by atoms with van der Waals surface area (Å²) in [4.78, 5) is 0. The Morgan fingerprint density at radius 2 is 1.61 bits per heavy atom. The monoisotopic (exact) mass is 387 g/mol. The van der Waals surface area contributed by atoms with Gasteiger partial charge in [0.15, 0.2) is 5.76 Å². The van der Waals surface area contributed by atoms with Crippen LogP contribution in [0.25, 0.3) is 22.6 Å². The molecule has 0 saturated carbocycles. The van der Waals surface area contributed by atoms with E-state index in [2.05, 4.69) is 5.16 Å². The largest absolute Gasteiger partial charge is 0.391 e. The maximum atomic E-state index is 9.76. The van der Waals surface area contributed by atoms with E-state index in [0.717, 1.165) is 0 Å². The van der Waals surface area contributed by atoms with Crippen molar-refractivity contribution < 1.29 is 9.63 Å². The van der Waals surface area contributed by atoms with Gasteiger partial charge in [-0.3, -0.25) is 0 Å². The van der Waals surface area contributed by atoms with Crippen molar-refractivity contribution in [1.29, 1.82) is 0 Å². The molecule has 3 nitrogen and oxygen atoms in total. The van der Waals surface area contributed by atoms with Gasteiger partial charge in [0.05, 0.1) is 17.2 Å². The highest BCUT2D eigenvalue weighted by atomic mass is 35.5. The molecule has 0 bridgehead atoms. The van der Waals surface area contributed by atoms with Crippen molar-refractivity contribution >= 4 is 46.4 Å². The topological polar surface area (TPSA) is 46.3 Å². The standard InChI is InChI=1S/C16H9Cl4NO2/c17-9-1-2-12(14(20)6-9)16-13(7-22)15(21-23-16)8-3-10(18)5-11(19)4-8/h1-6,22H,7H2. The van der Waals surface area contributed by atoms with Gasteiger partial charge in [-0.05, 0) is 36.4 Å². The molecule has 1 heterocycles. The fraction of sp³-hybridized carbons (Fsp3) is 0.0625. The van der Waals surface area contributed by atoms with E-state index in [9.17, 15) is 5.11 Å². The van der Waals surface area contributed by atoms with Crippen LogP contribution in [0.2, 0.25) is 20.1 Å². The van der Waals surface area contributed by atoms with Gasteiger partial charge in [-0.25, -0.2) is 0 Å². The molecular weight excluding hydrogens is 380 g/mol. The van der Waals surface area contributed by atoms with Crippen LogP contribution in [0, 0.1) is 0 Å². The first-order chi connectivity index (χ1) is 11.0. The molecular formula is C16H9Cl4NO2. The predicted octanol–water partition coefficient (Wildman–Crippen LogP) is 6.11. The zero-order chi connectivity index (χ0) is 16.6. The normalized spacial score (nSPS) is 11.0. The molecule has 1 N–H and O–H groups in total. The third-order valence-corrected chi connectivity index (χ3v) is 4.24. The SMILES string of the molecule is OCc1c(-c2cc(Cl)cc(Cl)c2)noc1-c1ccc(Cl)cc1Cl. The molecule has 0 aliphatic rings. The first kappa shape index (κ1) is 16.6. The molecule has 23 heavy (non-hydrogen) atoms. The Hall–Kier alpha value is -1.23. The average Bonchev–Trinajstić information content (AvgIpc) is 2.89. The summed E-state index contributed by atoms with van der Waals surface area (Å²) in [6, 6.07) is 9.98. The van der Waals surface area contributed by atoms with Gasteiger partial charge in [-0.2, -0.15) is 0 Å². The summed E-state index contributed by atoms with van der Waals surface area (Å²) in [5, 5.41) is 15.6. The van der Waals surface area contributed by atoms with Crippen LogP contribution in [0.1, 0.15) is 5.56 Å². The van der Waals surface area contributed by atoms with Gasteiger partial charge in [0.25, 0.3) is 0 Å². The number of rotatable bonds is 3. The molecule has 0 amide bonds. The Morgan fingerprint density at radius 3 is 2.22 bits per heavy atom. The van der Waals surface area contributed by atoms with E-state index in [1.54, 1.807) is 36.4 Å². The molecule has 0 unspecified atom stereocenters. The number of hydrogen-bond acceptors (Lipinski definition) is 3. The van der Waals surface area contributed by atoms with Gasteiger partial charge in [0.2, 0.25) is 0 Å². The second-order valence-corrected chi connectivity index (χ2v) is 6.50. The van der Waals surface area contributed by atoms with E-state index in [0.29, 0.717) is 48.2 Å². The van der Waals surface area contributed by atoms with Crippen LogP contribution in [0.5, 0.6) is 0 Å². The van der Waals surface area contributed by atoms with Gasteiger partial charge < -0.3 is 9.63 Å². The number of halogens is 4. The lowest BCUT2D eigenvalue weighted by Gasteiger charge is -2.04. The highest BCUT2D eigenvalue weighted by molar-refractivity contribution is 6.36. The molecule has 7 heteroatoms. The van der Waals surface area contributed by atoms with Crippen LogP contribution in [0.15, 0.2) is 40.9 Å². The molecule has 2 aromatic carbocycles. The van der Waals surface area contributed by atoms with Crippen LogP contribution >= 0.6 is 46.4 Å². The first-order valence-corrected chi connectivity index (χ1v) is 8.02. The molecule has 3 aromatic rings. The second-order valence-electron chi connectivity index (χ2n) is 4.78. The van der Waals surface area contributed by atoms with E-state index in [4.69, 9.17) is 50.9 Å². The Labute approximate surface area is 152 Å². The molecule has 0 radical (unpaired) electrons. The van der Waals surface area contributed by atoms with Crippen LogP contribution in [-0.2, 0) is 6.61 Å². The summed E-state index contributed by atoms with van der Waals surface area (Å²) in [7, 11) is 0. The number of hydrogen-bond donors (Lipinski definition) is 1. The third kappa shape index (κ3) is 3.35. The fourth-order valence-electron chi connectivity index (χ4n) is 2.26. The Morgan fingerprint density at radius 1 is 0.913 bits per heavy atom. The van der Waals surface area contributed by atoms with Crippen molar-refractivity contribution in [3.8, 4) is 22.6 Å². The van der Waals surface area contributed by atoms with Crippen LogP contribution in [-0.4, -0.2) is 10.3 Å². The molecule has 0 spiro atoms. The fourth-order valence-corrected chi connectivity index (χ4v) is 3.28. The van der Waals surface area contributed by atoms with E-state index in [1.807, 2.05) is 0 Å². The molecule has 0 saturated heterocycles. The maximum absolute atomic E-state index is 9.76. The van der Waals surface area contributed by atoms with Crippen molar-refractivity contribution in [2.75, 3.05) is 0 Å². The minimum Gasteiger partial charge on any atom is -0.391 e. The Balaban J connectivity index is 2.17. The van der Waals surface area contributed by atoms with Crippen LogP contribution < -0.4 is 0 Å². The van der Waals surface area contributed by atoms with Crippen molar-refractivity contribution in [3.05, 3.63) is 62.1 Å². The van der Waals surface area contributed by atoms with Crippen molar-refractivity contribution in [3.63, 3.8) is 0 Å². The average molecular weight is 389 g/mol. The smallest absolute Gasteiger partial charge is 0.174 e. The third-order valence-electron chi connectivity index (χ3n) is 3.26. The van der Waals surface area contributed by atoms with Gasteiger partial charge >= 0.3 is 0 Å². The van der Waals surface area contributed by atoms with Crippen LogP contribution in [0.3, 0.4) is 0 Å². The predicted molar refractivity (Wildman–Crippen MR) is 93.3 cm³/mol. The van der Waals surface area contributed by atoms with Crippen LogP contribution in [0.4, 0.5) is 0 Å². The molecule has 0 aliphatic heterocycles. The number of nitrogens with zero attached hydrogens (tertiary/aromatic N) is 1. The minimum absolute atomic E-state index is 0.281. The zero-order valence-corrected chi connectivity index (χ0v) is 14.5. The van der Waals surface area contributed by atoms with Gasteiger partial charge in [0.1, 0.15) is 5.69 Å². The van der Waals surface area contributed by atoms with E-state index in [-0.39, 0.29) is 6.61 Å². The summed E-state index contributed by atoms with van der Waals surface area (Å²) in [6.07, 6.45) is 0. The van der Waals surface area contributed by atoms with Crippen molar-refractivity contribution in [2.45, 2.75) is 6.61 Å². The van der Waals surface area contributed by atoms with E-state index >= 15 is 0 Å². The minimum atomic E-state index is -0.281. The first-order valence-electron chi connectivity index (χ1n) is 6.51. The summed E-state index contributed by atoms with van der Waals surface area (Å²) in [6.45, 7) is -0.281. The number of aliphatic hydroxyl groups is 1. The van der Waals surface area contributed by atoms with Gasteiger partial charge in [-0.1, -0.05) is 51.6 Å².